The van der Waals surface area contributed by atoms with Gasteiger partial charge in [0.2, 0.25) is 0 Å². The first-order valence-electron chi connectivity index (χ1n) is 6.54. The van der Waals surface area contributed by atoms with Crippen molar-refractivity contribution in [3.05, 3.63) is 45.6 Å². The predicted molar refractivity (Wildman–Crippen MR) is 83.2 cm³/mol. The van der Waals surface area contributed by atoms with E-state index in [4.69, 9.17) is 14.2 Å². The van der Waals surface area contributed by atoms with Gasteiger partial charge in [-0.1, -0.05) is 0 Å². The van der Waals surface area contributed by atoms with Crippen LogP contribution in [0.4, 0.5) is 0 Å². The molecule has 0 aliphatic carbocycles. The van der Waals surface area contributed by atoms with Gasteiger partial charge < -0.3 is 14.2 Å². The number of hydrogen-bond acceptors (Lipinski definition) is 6. The van der Waals surface area contributed by atoms with Crippen LogP contribution in [0.5, 0.6) is 11.5 Å². The molecule has 0 aliphatic rings. The number of thiophene rings is 1. The van der Waals surface area contributed by atoms with E-state index in [1.807, 2.05) is 13.0 Å². The van der Waals surface area contributed by atoms with Crippen LogP contribution in [0.3, 0.4) is 0 Å². The number of aryl methyl sites for hydroxylation is 1. The quantitative estimate of drug-likeness (QED) is 0.604. The Morgan fingerprint density at radius 2 is 1.77 bits per heavy atom. The van der Waals surface area contributed by atoms with Gasteiger partial charge in [-0.05, 0) is 37.3 Å². The zero-order valence-corrected chi connectivity index (χ0v) is 13.4. The molecule has 1 aromatic carbocycles. The van der Waals surface area contributed by atoms with Crippen molar-refractivity contribution in [3.8, 4) is 11.5 Å². The number of Topliss-reactive ketones (excluding diaryl/α,β-unsaturated/α-hetero) is 1. The molecular formula is C16H16O5S. The van der Waals surface area contributed by atoms with Gasteiger partial charge in [-0.2, -0.15) is 0 Å². The Bertz CT molecular complexity index is 690. The molecule has 2 aromatic rings. The Labute approximate surface area is 132 Å². The Hall–Kier alpha value is -2.34. The van der Waals surface area contributed by atoms with Crippen molar-refractivity contribution in [2.45, 2.75) is 6.92 Å². The lowest BCUT2D eigenvalue weighted by molar-refractivity contribution is 0.0479. The Morgan fingerprint density at radius 3 is 2.36 bits per heavy atom. The van der Waals surface area contributed by atoms with Crippen molar-refractivity contribution in [1.29, 1.82) is 0 Å². The summed E-state index contributed by atoms with van der Waals surface area (Å²) in [6.45, 7) is 1.58. The molecule has 0 atom stereocenters. The highest BCUT2D eigenvalue weighted by Crippen LogP contribution is 2.27. The number of rotatable bonds is 6. The SMILES string of the molecule is COc1ccc(C(=O)COC(=O)c2ccc(C)s2)cc1OC. The number of ether oxygens (including phenoxy) is 3. The maximum Gasteiger partial charge on any atom is 0.348 e. The molecule has 116 valence electrons. The van der Waals surface area contributed by atoms with Crippen molar-refractivity contribution < 1.29 is 23.8 Å². The Morgan fingerprint density at radius 1 is 1.05 bits per heavy atom. The third-order valence-electron chi connectivity index (χ3n) is 2.98. The molecule has 5 nitrogen and oxygen atoms in total. The fourth-order valence-electron chi connectivity index (χ4n) is 1.84. The molecule has 6 heteroatoms. The van der Waals surface area contributed by atoms with Gasteiger partial charge in [0.05, 0.1) is 14.2 Å². The highest BCUT2D eigenvalue weighted by molar-refractivity contribution is 7.13. The molecule has 1 heterocycles. The highest BCUT2D eigenvalue weighted by atomic mass is 32.1. The molecule has 0 saturated carbocycles. The molecule has 2 rings (SSSR count). The topological polar surface area (TPSA) is 61.8 Å². The summed E-state index contributed by atoms with van der Waals surface area (Å²) in [6.07, 6.45) is 0. The monoisotopic (exact) mass is 320 g/mol. The number of hydrogen-bond donors (Lipinski definition) is 0. The van der Waals surface area contributed by atoms with Crippen LogP contribution in [0, 0.1) is 6.92 Å². The smallest absolute Gasteiger partial charge is 0.348 e. The average Bonchev–Trinajstić information content (AvgIpc) is 2.98. The van der Waals surface area contributed by atoms with Gasteiger partial charge in [-0.3, -0.25) is 4.79 Å². The number of carbonyl (C=O) groups is 2. The third-order valence-corrected chi connectivity index (χ3v) is 3.96. The van der Waals surface area contributed by atoms with Crippen molar-refractivity contribution in [2.75, 3.05) is 20.8 Å². The summed E-state index contributed by atoms with van der Waals surface area (Å²) < 4.78 is 15.3. The molecule has 0 aliphatic heterocycles. The minimum absolute atomic E-state index is 0.303. The lowest BCUT2D eigenvalue weighted by Crippen LogP contribution is -2.13. The normalized spacial score (nSPS) is 10.1. The summed E-state index contributed by atoms with van der Waals surface area (Å²) in [6, 6.07) is 8.31. The summed E-state index contributed by atoms with van der Waals surface area (Å²) in [5, 5.41) is 0. The minimum atomic E-state index is -0.494. The van der Waals surface area contributed by atoms with Crippen molar-refractivity contribution in [2.24, 2.45) is 0 Å². The van der Waals surface area contributed by atoms with E-state index in [1.54, 1.807) is 24.3 Å². The van der Waals surface area contributed by atoms with Crippen LogP contribution < -0.4 is 9.47 Å². The molecule has 0 radical (unpaired) electrons. The number of ketones is 1. The first kappa shape index (κ1) is 16.0. The molecule has 1 aromatic heterocycles. The van der Waals surface area contributed by atoms with Gasteiger partial charge >= 0.3 is 5.97 Å². The van der Waals surface area contributed by atoms with Crippen LogP contribution in [0.25, 0.3) is 0 Å². The second-order valence-electron chi connectivity index (χ2n) is 4.48. The van der Waals surface area contributed by atoms with E-state index in [-0.39, 0.29) is 12.4 Å². The first-order chi connectivity index (χ1) is 10.5. The fraction of sp³-hybridized carbons (Fsp3) is 0.250. The van der Waals surface area contributed by atoms with Gasteiger partial charge in [0, 0.05) is 10.4 Å². The van der Waals surface area contributed by atoms with Gasteiger partial charge in [0.25, 0.3) is 0 Å². The van der Waals surface area contributed by atoms with Gasteiger partial charge in [-0.15, -0.1) is 11.3 Å². The van der Waals surface area contributed by atoms with E-state index in [2.05, 4.69) is 0 Å². The molecule has 0 N–H and O–H groups in total. The van der Waals surface area contributed by atoms with Crippen LogP contribution in [0.15, 0.2) is 30.3 Å². The zero-order chi connectivity index (χ0) is 16.1. The van der Waals surface area contributed by atoms with E-state index in [0.29, 0.717) is 21.9 Å². The predicted octanol–water partition coefficient (Wildman–Crippen LogP) is 3.11. The molecule has 0 spiro atoms. The zero-order valence-electron chi connectivity index (χ0n) is 12.5. The lowest BCUT2D eigenvalue weighted by Gasteiger charge is -2.09. The van der Waals surface area contributed by atoms with Gasteiger partial charge in [0.15, 0.2) is 23.9 Å². The summed E-state index contributed by atoms with van der Waals surface area (Å²) >= 11 is 1.33. The second kappa shape index (κ2) is 7.09. The van der Waals surface area contributed by atoms with Crippen LogP contribution >= 0.6 is 11.3 Å². The van der Waals surface area contributed by atoms with Crippen LogP contribution in [0.1, 0.15) is 24.9 Å². The molecule has 0 bridgehead atoms. The minimum Gasteiger partial charge on any atom is -0.493 e. The van der Waals surface area contributed by atoms with E-state index in [1.165, 1.54) is 25.6 Å². The number of carbonyl (C=O) groups excluding carboxylic acids is 2. The molecule has 0 amide bonds. The van der Waals surface area contributed by atoms with E-state index >= 15 is 0 Å². The summed E-state index contributed by atoms with van der Waals surface area (Å²) in [7, 11) is 3.01. The summed E-state index contributed by atoms with van der Waals surface area (Å²) in [4.78, 5) is 25.4. The second-order valence-corrected chi connectivity index (χ2v) is 5.77. The van der Waals surface area contributed by atoms with Gasteiger partial charge in [0.1, 0.15) is 4.88 Å². The van der Waals surface area contributed by atoms with Crippen molar-refractivity contribution in [3.63, 3.8) is 0 Å². The number of methoxy groups -OCH3 is 2. The fourth-order valence-corrected chi connectivity index (χ4v) is 2.60. The van der Waals surface area contributed by atoms with Crippen molar-refractivity contribution >= 4 is 23.1 Å². The first-order valence-corrected chi connectivity index (χ1v) is 7.35. The van der Waals surface area contributed by atoms with Crippen LogP contribution in [0.2, 0.25) is 0 Å². The lowest BCUT2D eigenvalue weighted by atomic mass is 10.1. The van der Waals surface area contributed by atoms with E-state index in [9.17, 15) is 9.59 Å². The molecule has 0 fully saturated rings. The van der Waals surface area contributed by atoms with E-state index in [0.717, 1.165) is 4.88 Å². The molecule has 0 saturated heterocycles. The summed E-state index contributed by atoms with van der Waals surface area (Å²) in [5.74, 6) is 0.188. The molecule has 22 heavy (non-hydrogen) atoms. The number of esters is 1. The largest absolute Gasteiger partial charge is 0.493 e. The molecular weight excluding hydrogens is 304 g/mol. The average molecular weight is 320 g/mol. The third kappa shape index (κ3) is 3.65. The Kier molecular flexibility index (Phi) is 5.16. The Balaban J connectivity index is 2.02. The van der Waals surface area contributed by atoms with E-state index < -0.39 is 5.97 Å². The number of benzene rings is 1. The highest BCUT2D eigenvalue weighted by Gasteiger charge is 2.15. The van der Waals surface area contributed by atoms with Crippen molar-refractivity contribution in [1.82, 2.24) is 0 Å². The van der Waals surface area contributed by atoms with Crippen LogP contribution in [-0.2, 0) is 4.74 Å². The molecule has 0 unspecified atom stereocenters. The standard InChI is InChI=1S/C16H16O5S/c1-10-4-7-15(22-10)16(18)21-9-12(17)11-5-6-13(19-2)14(8-11)20-3/h4-8H,9H2,1-3H3. The van der Waals surface area contributed by atoms with Crippen LogP contribution in [-0.4, -0.2) is 32.6 Å². The maximum absolute atomic E-state index is 12.1. The summed E-state index contributed by atoms with van der Waals surface area (Å²) in [5.41, 5.74) is 0.396. The maximum atomic E-state index is 12.1. The van der Waals surface area contributed by atoms with Gasteiger partial charge in [-0.25, -0.2) is 4.79 Å².